The number of aromatic nitrogens is 4. The lowest BCUT2D eigenvalue weighted by Gasteiger charge is -2.09. The number of imidazole rings is 1. The average Bonchev–Trinajstić information content (AvgIpc) is 3.12. The Bertz CT molecular complexity index is 1410. The molecule has 0 fully saturated rings. The van der Waals surface area contributed by atoms with Gasteiger partial charge >= 0.3 is 5.69 Å². The second-order valence-electron chi connectivity index (χ2n) is 7.31. The molecule has 31 heavy (non-hydrogen) atoms. The molecular formula is C22H22N6O3. The number of phenolic OH excluding ortho intramolecular Hbond substituents is 1. The molecular weight excluding hydrogens is 396 g/mol. The van der Waals surface area contributed by atoms with Crippen LogP contribution in [0.5, 0.6) is 5.75 Å². The molecule has 9 nitrogen and oxygen atoms in total. The lowest BCUT2D eigenvalue weighted by molar-refractivity contribution is 0.474. The van der Waals surface area contributed by atoms with Crippen LogP contribution >= 0.6 is 0 Å². The first-order valence-corrected chi connectivity index (χ1v) is 9.65. The van der Waals surface area contributed by atoms with E-state index in [1.165, 1.54) is 17.8 Å². The maximum atomic E-state index is 12.9. The molecule has 2 aromatic heterocycles. The number of nitrogens with one attached hydrogen (secondary N) is 1. The third-order valence-corrected chi connectivity index (χ3v) is 5.11. The van der Waals surface area contributed by atoms with Crippen LogP contribution in [0.3, 0.4) is 0 Å². The second kappa shape index (κ2) is 7.94. The van der Waals surface area contributed by atoms with Crippen LogP contribution in [-0.4, -0.2) is 30.0 Å². The Morgan fingerprint density at radius 2 is 1.77 bits per heavy atom. The highest BCUT2D eigenvalue weighted by Crippen LogP contribution is 2.19. The van der Waals surface area contributed by atoms with Crippen molar-refractivity contribution in [2.45, 2.75) is 13.5 Å². The zero-order valence-electron chi connectivity index (χ0n) is 17.4. The number of nitrogens with zero attached hydrogens (tertiary/aromatic N) is 5. The van der Waals surface area contributed by atoms with Crippen molar-refractivity contribution in [2.75, 3.05) is 5.43 Å². The first-order valence-electron chi connectivity index (χ1n) is 9.65. The van der Waals surface area contributed by atoms with Crippen molar-refractivity contribution in [3.63, 3.8) is 0 Å². The summed E-state index contributed by atoms with van der Waals surface area (Å²) in [5.74, 6) is 0.401. The van der Waals surface area contributed by atoms with Gasteiger partial charge in [0, 0.05) is 19.7 Å². The van der Waals surface area contributed by atoms with Crippen molar-refractivity contribution < 1.29 is 5.11 Å². The number of para-hydroxylation sites is 1. The maximum Gasteiger partial charge on any atom is 0.332 e. The fourth-order valence-electron chi connectivity index (χ4n) is 3.32. The lowest BCUT2D eigenvalue weighted by atomic mass is 10.1. The molecule has 0 spiro atoms. The summed E-state index contributed by atoms with van der Waals surface area (Å²) in [6.07, 6.45) is 1.46. The van der Waals surface area contributed by atoms with E-state index in [0.717, 1.165) is 15.7 Å². The Labute approximate surface area is 177 Å². The Hall–Kier alpha value is -4.14. The van der Waals surface area contributed by atoms with Crippen LogP contribution in [0.1, 0.15) is 16.7 Å². The number of anilines is 1. The van der Waals surface area contributed by atoms with E-state index in [2.05, 4.69) is 15.5 Å². The van der Waals surface area contributed by atoms with Crippen molar-refractivity contribution in [3.8, 4) is 5.75 Å². The highest BCUT2D eigenvalue weighted by molar-refractivity contribution is 5.84. The van der Waals surface area contributed by atoms with Gasteiger partial charge in [-0.2, -0.15) is 10.1 Å². The highest BCUT2D eigenvalue weighted by atomic mass is 16.3. The number of hydrazone groups is 1. The normalized spacial score (nSPS) is 11.5. The largest absolute Gasteiger partial charge is 0.507 e. The molecule has 0 aliphatic carbocycles. The van der Waals surface area contributed by atoms with Crippen LogP contribution in [-0.2, 0) is 20.6 Å². The van der Waals surface area contributed by atoms with Gasteiger partial charge in [0.05, 0.1) is 12.8 Å². The fraction of sp³-hybridized carbons (Fsp3) is 0.182. The fourth-order valence-corrected chi connectivity index (χ4v) is 3.32. The van der Waals surface area contributed by atoms with Crippen LogP contribution in [0.15, 0.2) is 63.2 Å². The van der Waals surface area contributed by atoms with Crippen molar-refractivity contribution >= 4 is 23.3 Å². The van der Waals surface area contributed by atoms with E-state index in [1.54, 1.807) is 35.9 Å². The zero-order chi connectivity index (χ0) is 22.1. The molecule has 0 aliphatic rings. The van der Waals surface area contributed by atoms with E-state index in [4.69, 9.17) is 0 Å². The molecule has 0 saturated carbocycles. The monoisotopic (exact) mass is 418 g/mol. The van der Waals surface area contributed by atoms with Crippen molar-refractivity contribution in [1.29, 1.82) is 0 Å². The van der Waals surface area contributed by atoms with Gasteiger partial charge in [-0.05, 0) is 24.6 Å². The smallest absolute Gasteiger partial charge is 0.332 e. The molecule has 2 aromatic carbocycles. The van der Waals surface area contributed by atoms with Gasteiger partial charge in [-0.15, -0.1) is 0 Å². The number of aryl methyl sites for hydroxylation is 2. The van der Waals surface area contributed by atoms with Crippen LogP contribution in [0, 0.1) is 6.92 Å². The Kier molecular flexibility index (Phi) is 5.16. The first kappa shape index (κ1) is 20.1. The number of fused-ring (bicyclic) bond motifs is 1. The summed E-state index contributed by atoms with van der Waals surface area (Å²) in [7, 11) is 3.01. The molecule has 4 aromatic rings. The third-order valence-electron chi connectivity index (χ3n) is 5.11. The summed E-state index contributed by atoms with van der Waals surface area (Å²) < 4.78 is 4.09. The maximum absolute atomic E-state index is 12.9. The summed E-state index contributed by atoms with van der Waals surface area (Å²) >= 11 is 0. The molecule has 2 N–H and O–H groups in total. The third kappa shape index (κ3) is 3.73. The summed E-state index contributed by atoms with van der Waals surface area (Å²) in [5, 5.41) is 14.1. The molecule has 0 atom stereocenters. The van der Waals surface area contributed by atoms with Crippen LogP contribution < -0.4 is 16.7 Å². The number of hydrogen-bond acceptors (Lipinski definition) is 6. The van der Waals surface area contributed by atoms with Gasteiger partial charge in [0.1, 0.15) is 5.75 Å². The Morgan fingerprint density at radius 1 is 1.06 bits per heavy atom. The minimum atomic E-state index is -0.457. The second-order valence-corrected chi connectivity index (χ2v) is 7.31. The van der Waals surface area contributed by atoms with Crippen molar-refractivity contribution in [3.05, 3.63) is 86.1 Å². The summed E-state index contributed by atoms with van der Waals surface area (Å²) in [5.41, 5.74) is 5.14. The van der Waals surface area contributed by atoms with Gasteiger partial charge in [0.15, 0.2) is 11.2 Å². The van der Waals surface area contributed by atoms with E-state index in [-0.39, 0.29) is 11.4 Å². The van der Waals surface area contributed by atoms with Gasteiger partial charge in [-0.1, -0.05) is 42.0 Å². The summed E-state index contributed by atoms with van der Waals surface area (Å²) in [6, 6.07) is 14.7. The van der Waals surface area contributed by atoms with Gasteiger partial charge in [-0.25, -0.2) is 10.2 Å². The predicted molar refractivity (Wildman–Crippen MR) is 120 cm³/mol. The van der Waals surface area contributed by atoms with E-state index in [1.807, 2.05) is 31.2 Å². The predicted octanol–water partition coefficient (Wildman–Crippen LogP) is 1.94. The van der Waals surface area contributed by atoms with E-state index < -0.39 is 11.2 Å². The lowest BCUT2D eigenvalue weighted by Crippen LogP contribution is -2.37. The number of benzene rings is 2. The topological polar surface area (TPSA) is 106 Å². The summed E-state index contributed by atoms with van der Waals surface area (Å²) in [6.45, 7) is 2.36. The van der Waals surface area contributed by atoms with Gasteiger partial charge in [-0.3, -0.25) is 18.5 Å². The van der Waals surface area contributed by atoms with E-state index in [9.17, 15) is 14.7 Å². The van der Waals surface area contributed by atoms with E-state index in [0.29, 0.717) is 23.6 Å². The van der Waals surface area contributed by atoms with Crippen molar-refractivity contribution in [1.82, 2.24) is 18.7 Å². The number of aromatic hydroxyl groups is 1. The standard InChI is InChI=1S/C22H22N6O3/c1-14-8-10-15(11-9-14)13-28-18-19(26(2)22(31)27(3)20(18)30)24-21(28)25-23-12-16-6-4-5-7-17(16)29/h4-12,29H,13H2,1-3H3,(H,24,25). The first-order chi connectivity index (χ1) is 14.9. The average molecular weight is 418 g/mol. The molecule has 0 bridgehead atoms. The molecule has 4 rings (SSSR count). The molecule has 0 radical (unpaired) electrons. The molecule has 9 heteroatoms. The van der Waals surface area contributed by atoms with Gasteiger partial charge < -0.3 is 5.11 Å². The molecule has 2 heterocycles. The van der Waals surface area contributed by atoms with Gasteiger partial charge in [0.2, 0.25) is 5.95 Å². The molecule has 0 saturated heterocycles. The van der Waals surface area contributed by atoms with E-state index >= 15 is 0 Å². The number of rotatable bonds is 5. The van der Waals surface area contributed by atoms with Crippen LogP contribution in [0.25, 0.3) is 11.2 Å². The number of phenols is 1. The minimum Gasteiger partial charge on any atom is -0.507 e. The number of hydrogen-bond donors (Lipinski definition) is 2. The SMILES string of the molecule is Cc1ccc(Cn2c(NN=Cc3ccccc3O)nc3c2c(=O)n(C)c(=O)n3C)cc1. The molecule has 0 unspecified atom stereocenters. The van der Waals surface area contributed by atoms with Crippen LogP contribution in [0.2, 0.25) is 0 Å². The molecule has 0 amide bonds. The molecule has 0 aliphatic heterocycles. The quantitative estimate of drug-likeness (QED) is 0.381. The van der Waals surface area contributed by atoms with Crippen LogP contribution in [0.4, 0.5) is 5.95 Å². The zero-order valence-corrected chi connectivity index (χ0v) is 17.4. The van der Waals surface area contributed by atoms with Crippen molar-refractivity contribution in [2.24, 2.45) is 19.2 Å². The minimum absolute atomic E-state index is 0.0949. The van der Waals surface area contributed by atoms with Gasteiger partial charge in [0.25, 0.3) is 5.56 Å². The highest BCUT2D eigenvalue weighted by Gasteiger charge is 2.19. The summed E-state index contributed by atoms with van der Waals surface area (Å²) in [4.78, 5) is 29.7. The Morgan fingerprint density at radius 3 is 2.48 bits per heavy atom. The Balaban J connectivity index is 1.83. The molecule has 158 valence electrons.